The van der Waals surface area contributed by atoms with E-state index in [9.17, 15) is 14.0 Å². The van der Waals surface area contributed by atoms with E-state index in [1.807, 2.05) is 30.3 Å². The Morgan fingerprint density at radius 2 is 1.81 bits per heavy atom. The zero-order chi connectivity index (χ0) is 20.0. The lowest BCUT2D eigenvalue weighted by atomic mass is 10.1. The molecule has 2 aromatic carbocycles. The Morgan fingerprint density at radius 3 is 2.41 bits per heavy atom. The molecule has 0 radical (unpaired) electrons. The number of carbonyl (C=O) groups excluding carboxylic acids is 2. The van der Waals surface area contributed by atoms with Crippen molar-refractivity contribution in [2.45, 2.75) is 38.8 Å². The smallest absolute Gasteiger partial charge is 0.329 e. The van der Waals surface area contributed by atoms with E-state index in [0.29, 0.717) is 4.47 Å². The molecule has 0 aliphatic rings. The van der Waals surface area contributed by atoms with E-state index < -0.39 is 29.5 Å². The van der Waals surface area contributed by atoms with Gasteiger partial charge in [-0.15, -0.1) is 0 Å². The molecular formula is C20H22BrFN2O3. The highest BCUT2D eigenvalue weighted by Crippen LogP contribution is 2.19. The van der Waals surface area contributed by atoms with Gasteiger partial charge in [0.15, 0.2) is 0 Å². The third-order valence-corrected chi connectivity index (χ3v) is 3.95. The second-order valence-electron chi connectivity index (χ2n) is 7.00. The van der Waals surface area contributed by atoms with Crippen molar-refractivity contribution in [3.63, 3.8) is 0 Å². The summed E-state index contributed by atoms with van der Waals surface area (Å²) >= 11 is 3.16. The third kappa shape index (κ3) is 7.02. The quantitative estimate of drug-likeness (QED) is 0.669. The molecule has 27 heavy (non-hydrogen) atoms. The molecule has 0 heterocycles. The van der Waals surface area contributed by atoms with Crippen molar-refractivity contribution in [1.82, 2.24) is 5.32 Å². The van der Waals surface area contributed by atoms with Gasteiger partial charge in [0.25, 0.3) is 0 Å². The van der Waals surface area contributed by atoms with Crippen molar-refractivity contribution in [3.8, 4) is 0 Å². The molecule has 0 bridgehead atoms. The number of halogens is 2. The van der Waals surface area contributed by atoms with Gasteiger partial charge < -0.3 is 15.4 Å². The summed E-state index contributed by atoms with van der Waals surface area (Å²) < 4.78 is 19.9. The number of hydrogen-bond acceptors (Lipinski definition) is 3. The summed E-state index contributed by atoms with van der Waals surface area (Å²) in [6, 6.07) is 11.9. The van der Waals surface area contributed by atoms with Gasteiger partial charge in [-0.2, -0.15) is 0 Å². The minimum absolute atomic E-state index is 0.0124. The van der Waals surface area contributed by atoms with Crippen LogP contribution in [0.5, 0.6) is 0 Å². The Labute approximate surface area is 166 Å². The molecule has 7 heteroatoms. The van der Waals surface area contributed by atoms with Crippen LogP contribution in [-0.4, -0.2) is 23.6 Å². The number of carbonyl (C=O) groups is 2. The summed E-state index contributed by atoms with van der Waals surface area (Å²) in [6.45, 7) is 5.26. The van der Waals surface area contributed by atoms with Gasteiger partial charge in [0.05, 0.1) is 5.69 Å². The van der Waals surface area contributed by atoms with Crippen LogP contribution < -0.4 is 10.6 Å². The SMILES string of the molecule is CC(C)(C)OC(=O)[C@H](Cc1ccccc1)NC(=O)Nc1ccc(Br)cc1F. The number of urea groups is 1. The van der Waals surface area contributed by atoms with Gasteiger partial charge in [0, 0.05) is 10.9 Å². The van der Waals surface area contributed by atoms with Crippen LogP contribution in [0.2, 0.25) is 0 Å². The largest absolute Gasteiger partial charge is 0.458 e. The normalized spacial score (nSPS) is 12.2. The average molecular weight is 437 g/mol. The first-order valence-corrected chi connectivity index (χ1v) is 9.23. The van der Waals surface area contributed by atoms with E-state index in [0.717, 1.165) is 5.56 Å². The molecule has 0 unspecified atom stereocenters. The number of rotatable bonds is 5. The number of nitrogens with one attached hydrogen (secondary N) is 2. The van der Waals surface area contributed by atoms with Crippen molar-refractivity contribution < 1.29 is 18.7 Å². The van der Waals surface area contributed by atoms with E-state index >= 15 is 0 Å². The van der Waals surface area contributed by atoms with Crippen molar-refractivity contribution in [2.24, 2.45) is 0 Å². The number of anilines is 1. The van der Waals surface area contributed by atoms with Crippen LogP contribution in [0, 0.1) is 5.82 Å². The molecule has 1 atom stereocenters. The highest BCUT2D eigenvalue weighted by molar-refractivity contribution is 9.10. The fraction of sp³-hybridized carbons (Fsp3) is 0.300. The Balaban J connectivity index is 2.12. The lowest BCUT2D eigenvalue weighted by molar-refractivity contribution is -0.157. The zero-order valence-electron chi connectivity index (χ0n) is 15.4. The topological polar surface area (TPSA) is 67.4 Å². The number of benzene rings is 2. The molecule has 0 aromatic heterocycles. The van der Waals surface area contributed by atoms with Crippen molar-refractivity contribution in [1.29, 1.82) is 0 Å². The first kappa shape index (κ1) is 20.9. The molecule has 2 rings (SSSR count). The highest BCUT2D eigenvalue weighted by atomic mass is 79.9. The van der Waals surface area contributed by atoms with E-state index in [2.05, 4.69) is 26.6 Å². The molecule has 0 spiro atoms. The standard InChI is InChI=1S/C20H22BrFN2O3/c1-20(2,3)27-18(25)17(11-13-7-5-4-6-8-13)24-19(26)23-16-10-9-14(21)12-15(16)22/h4-10,12,17H,11H2,1-3H3,(H2,23,24,26)/t17-/m0/s1. The molecule has 2 amide bonds. The lowest BCUT2D eigenvalue weighted by Crippen LogP contribution is -2.47. The number of amides is 2. The van der Waals surface area contributed by atoms with E-state index in [1.165, 1.54) is 12.1 Å². The maximum atomic E-state index is 13.9. The number of hydrogen-bond donors (Lipinski definition) is 2. The average Bonchev–Trinajstić information content (AvgIpc) is 2.56. The van der Waals surface area contributed by atoms with Gasteiger partial charge in [-0.3, -0.25) is 0 Å². The summed E-state index contributed by atoms with van der Waals surface area (Å²) in [5.41, 5.74) is 0.184. The van der Waals surface area contributed by atoms with E-state index in [-0.39, 0.29) is 12.1 Å². The van der Waals surface area contributed by atoms with Crippen LogP contribution in [0.25, 0.3) is 0 Å². The molecule has 0 saturated heterocycles. The predicted molar refractivity (Wildman–Crippen MR) is 106 cm³/mol. The number of ether oxygens (including phenoxy) is 1. The molecule has 2 N–H and O–H groups in total. The second kappa shape index (κ2) is 8.99. The summed E-state index contributed by atoms with van der Waals surface area (Å²) in [5.74, 6) is -1.14. The van der Waals surface area contributed by atoms with Crippen LogP contribution in [0.3, 0.4) is 0 Å². The van der Waals surface area contributed by atoms with Gasteiger partial charge in [-0.25, -0.2) is 14.0 Å². The fourth-order valence-corrected chi connectivity index (χ4v) is 2.66. The summed E-state index contributed by atoms with van der Waals surface area (Å²) in [4.78, 5) is 24.8. The van der Waals surface area contributed by atoms with Gasteiger partial charge in [0.2, 0.25) is 0 Å². The van der Waals surface area contributed by atoms with Crippen molar-refractivity contribution in [2.75, 3.05) is 5.32 Å². The van der Waals surface area contributed by atoms with Crippen molar-refractivity contribution >= 4 is 33.6 Å². The summed E-state index contributed by atoms with van der Waals surface area (Å²) in [5, 5.41) is 4.99. The minimum Gasteiger partial charge on any atom is -0.458 e. The third-order valence-electron chi connectivity index (χ3n) is 3.46. The van der Waals surface area contributed by atoms with Gasteiger partial charge in [-0.1, -0.05) is 46.3 Å². The predicted octanol–water partition coefficient (Wildman–Crippen LogP) is 4.66. The van der Waals surface area contributed by atoms with Crippen LogP contribution in [0.15, 0.2) is 53.0 Å². The molecule has 144 valence electrons. The maximum absolute atomic E-state index is 13.9. The molecular weight excluding hydrogens is 415 g/mol. The Morgan fingerprint density at radius 1 is 1.15 bits per heavy atom. The lowest BCUT2D eigenvalue weighted by Gasteiger charge is -2.24. The van der Waals surface area contributed by atoms with E-state index in [1.54, 1.807) is 26.8 Å². The van der Waals surface area contributed by atoms with Crippen LogP contribution >= 0.6 is 15.9 Å². The Bertz CT molecular complexity index is 807. The maximum Gasteiger partial charge on any atom is 0.329 e. The summed E-state index contributed by atoms with van der Waals surface area (Å²) in [6.07, 6.45) is 0.256. The molecule has 0 aliphatic carbocycles. The molecule has 5 nitrogen and oxygen atoms in total. The molecule has 0 fully saturated rings. The highest BCUT2D eigenvalue weighted by Gasteiger charge is 2.27. The van der Waals surface area contributed by atoms with Gasteiger partial charge >= 0.3 is 12.0 Å². The fourth-order valence-electron chi connectivity index (χ4n) is 2.32. The second-order valence-corrected chi connectivity index (χ2v) is 7.91. The van der Waals surface area contributed by atoms with Crippen LogP contribution in [0.1, 0.15) is 26.3 Å². The number of esters is 1. The first-order chi connectivity index (χ1) is 12.6. The van der Waals surface area contributed by atoms with E-state index in [4.69, 9.17) is 4.74 Å². The van der Waals surface area contributed by atoms with Gasteiger partial charge in [0.1, 0.15) is 17.5 Å². The van der Waals surface area contributed by atoms with Crippen LogP contribution in [-0.2, 0) is 16.0 Å². The van der Waals surface area contributed by atoms with Crippen LogP contribution in [0.4, 0.5) is 14.9 Å². The summed E-state index contributed by atoms with van der Waals surface area (Å²) in [7, 11) is 0. The molecule has 2 aromatic rings. The Kier molecular flexibility index (Phi) is 6.96. The Hall–Kier alpha value is -2.41. The van der Waals surface area contributed by atoms with Gasteiger partial charge in [-0.05, 0) is 44.5 Å². The monoisotopic (exact) mass is 436 g/mol. The molecule has 0 saturated carbocycles. The molecule has 0 aliphatic heterocycles. The minimum atomic E-state index is -0.912. The van der Waals surface area contributed by atoms with Crippen molar-refractivity contribution in [3.05, 3.63) is 64.4 Å². The zero-order valence-corrected chi connectivity index (χ0v) is 17.0. The first-order valence-electron chi connectivity index (χ1n) is 8.43.